The van der Waals surface area contributed by atoms with E-state index in [1.54, 1.807) is 23.1 Å². The monoisotopic (exact) mass is 496 g/mol. The number of fused-ring (bicyclic) bond motifs is 4. The lowest BCUT2D eigenvalue weighted by Gasteiger charge is -2.42. The highest BCUT2D eigenvalue weighted by atomic mass is 35.5. The van der Waals surface area contributed by atoms with Gasteiger partial charge in [0.1, 0.15) is 17.3 Å². The highest BCUT2D eigenvalue weighted by Crippen LogP contribution is 2.49. The van der Waals surface area contributed by atoms with Gasteiger partial charge in [0.15, 0.2) is 0 Å². The predicted octanol–water partition coefficient (Wildman–Crippen LogP) is 3.51. The minimum absolute atomic E-state index is 0.0608. The van der Waals surface area contributed by atoms with E-state index < -0.39 is 11.6 Å². The van der Waals surface area contributed by atoms with Crippen LogP contribution in [-0.2, 0) is 11.2 Å². The molecular weight excluding hydrogens is 468 g/mol. The van der Waals surface area contributed by atoms with Crippen molar-refractivity contribution in [1.29, 1.82) is 0 Å². The lowest BCUT2D eigenvalue weighted by atomic mass is 9.81. The molecule has 3 amide bonds. The molecule has 0 spiro atoms. The van der Waals surface area contributed by atoms with E-state index in [0.717, 1.165) is 27.7 Å². The number of carbonyl (C=O) groups excluding carboxylic acids is 2. The molecule has 35 heavy (non-hydrogen) atoms. The maximum Gasteiger partial charge on any atom is 0.328 e. The van der Waals surface area contributed by atoms with Gasteiger partial charge in [0.2, 0.25) is 0 Å². The molecule has 184 valence electrons. The highest BCUT2D eigenvalue weighted by Gasteiger charge is 2.60. The Labute approximate surface area is 208 Å². The fourth-order valence-corrected chi connectivity index (χ4v) is 5.68. The topological polar surface area (TPSA) is 100 Å². The number of aliphatic hydroxyl groups excluding tert-OH is 1. The summed E-state index contributed by atoms with van der Waals surface area (Å²) in [6, 6.07) is 11.5. The number of nitrogens with one attached hydrogen (secondary N) is 1. The molecule has 2 aliphatic rings. The van der Waals surface area contributed by atoms with E-state index in [0.29, 0.717) is 37.5 Å². The van der Waals surface area contributed by atoms with Crippen LogP contribution in [0.15, 0.2) is 42.5 Å². The summed E-state index contributed by atoms with van der Waals surface area (Å²) in [7, 11) is 1.90. The van der Waals surface area contributed by atoms with E-state index in [2.05, 4.69) is 4.98 Å². The molecule has 3 N–H and O–H groups in total. The van der Waals surface area contributed by atoms with Gasteiger partial charge in [0, 0.05) is 41.1 Å². The van der Waals surface area contributed by atoms with Crippen molar-refractivity contribution in [2.75, 3.05) is 33.3 Å². The number of hydrogen-bond donors (Lipinski definition) is 3. The van der Waals surface area contributed by atoms with Gasteiger partial charge in [-0.3, -0.25) is 14.6 Å². The van der Waals surface area contributed by atoms with E-state index in [9.17, 15) is 14.7 Å². The summed E-state index contributed by atoms with van der Waals surface area (Å²) in [4.78, 5) is 36.0. The second kappa shape index (κ2) is 8.86. The molecule has 1 saturated heterocycles. The van der Waals surface area contributed by atoms with Crippen LogP contribution < -0.4 is 0 Å². The first-order valence-electron chi connectivity index (χ1n) is 11.8. The number of phenols is 1. The molecule has 0 saturated carbocycles. The Morgan fingerprint density at radius 3 is 2.74 bits per heavy atom. The summed E-state index contributed by atoms with van der Waals surface area (Å²) >= 11 is 6.31. The number of H-pyrrole nitrogens is 1. The number of rotatable bonds is 7. The van der Waals surface area contributed by atoms with Crippen molar-refractivity contribution in [3.8, 4) is 5.75 Å². The van der Waals surface area contributed by atoms with Gasteiger partial charge in [0.25, 0.3) is 5.91 Å². The number of nitrogens with zero attached hydrogens (tertiary/aromatic N) is 3. The van der Waals surface area contributed by atoms with Crippen molar-refractivity contribution in [2.24, 2.45) is 0 Å². The molecule has 2 atom stereocenters. The second-order valence-corrected chi connectivity index (χ2v) is 10.1. The number of imide groups is 1. The van der Waals surface area contributed by atoms with Crippen molar-refractivity contribution in [1.82, 2.24) is 19.7 Å². The third-order valence-corrected chi connectivity index (χ3v) is 7.45. The van der Waals surface area contributed by atoms with Crippen LogP contribution in [0, 0.1) is 0 Å². The number of likely N-dealkylation sites (N-methyl/N-ethyl adjacent to an activating group) is 1. The first kappa shape index (κ1) is 23.7. The quantitative estimate of drug-likeness (QED) is 0.435. The van der Waals surface area contributed by atoms with Crippen LogP contribution in [-0.4, -0.2) is 80.7 Å². The molecule has 9 heteroatoms. The average molecular weight is 497 g/mol. The maximum absolute atomic E-state index is 13.8. The Hall–Kier alpha value is -3.07. The average Bonchev–Trinajstić information content (AvgIpc) is 3.25. The smallest absolute Gasteiger partial charge is 0.328 e. The van der Waals surface area contributed by atoms with Gasteiger partial charge in [-0.2, -0.15) is 0 Å². The molecule has 1 aromatic heterocycles. The van der Waals surface area contributed by atoms with Crippen molar-refractivity contribution >= 4 is 34.4 Å². The summed E-state index contributed by atoms with van der Waals surface area (Å²) in [5.41, 5.74) is 2.32. The number of aromatic amines is 1. The number of carbonyl (C=O) groups is 2. The van der Waals surface area contributed by atoms with Crippen molar-refractivity contribution in [3.05, 3.63) is 64.3 Å². The Bertz CT molecular complexity index is 1310. The number of halogens is 1. The van der Waals surface area contributed by atoms with Gasteiger partial charge in [-0.15, -0.1) is 0 Å². The largest absolute Gasteiger partial charge is 0.508 e. The molecule has 0 bridgehead atoms. The van der Waals surface area contributed by atoms with Crippen LogP contribution in [0.4, 0.5) is 4.79 Å². The van der Waals surface area contributed by atoms with Gasteiger partial charge >= 0.3 is 6.03 Å². The zero-order valence-electron chi connectivity index (χ0n) is 19.8. The van der Waals surface area contributed by atoms with Crippen LogP contribution in [0.2, 0.25) is 5.02 Å². The van der Waals surface area contributed by atoms with E-state index in [1.807, 2.05) is 43.1 Å². The standard InChI is InChI=1S/C26H29ClN4O4/c1-26-15-20-19-14-17(27)7-8-21(19)28-22(20)23(16-5-3-6-18(33)13-16)31(26)25(35)30(24(26)34)10-4-9-29(2)11-12-32/h3,5-8,13-14,23,28,32-33H,4,9-12,15H2,1-2H3. The number of aromatic nitrogens is 1. The van der Waals surface area contributed by atoms with E-state index in [1.165, 1.54) is 4.90 Å². The summed E-state index contributed by atoms with van der Waals surface area (Å²) in [6.07, 6.45) is 0.974. The minimum atomic E-state index is -1.07. The van der Waals surface area contributed by atoms with Crippen LogP contribution in [0.5, 0.6) is 5.75 Å². The Morgan fingerprint density at radius 1 is 1.20 bits per heavy atom. The van der Waals surface area contributed by atoms with E-state index in [-0.39, 0.29) is 24.3 Å². The van der Waals surface area contributed by atoms with Crippen LogP contribution >= 0.6 is 11.6 Å². The number of aliphatic hydroxyl groups is 1. The maximum atomic E-state index is 13.8. The first-order chi connectivity index (χ1) is 16.7. The Balaban J connectivity index is 1.58. The summed E-state index contributed by atoms with van der Waals surface area (Å²) in [5.74, 6) is -0.128. The number of aromatic hydroxyl groups is 1. The molecule has 3 aromatic rings. The normalized spacial score (nSPS) is 21.8. The molecule has 1 fully saturated rings. The lowest BCUT2D eigenvalue weighted by molar-refractivity contribution is -0.133. The van der Waals surface area contributed by atoms with Gasteiger partial charge in [-0.05, 0) is 68.4 Å². The van der Waals surface area contributed by atoms with Crippen LogP contribution in [0.25, 0.3) is 10.9 Å². The molecule has 3 heterocycles. The van der Waals surface area contributed by atoms with Gasteiger partial charge in [0.05, 0.1) is 6.61 Å². The molecular formula is C26H29ClN4O4. The Kier molecular flexibility index (Phi) is 5.99. The van der Waals surface area contributed by atoms with Crippen LogP contribution in [0.3, 0.4) is 0 Å². The summed E-state index contributed by atoms with van der Waals surface area (Å²) in [6.45, 7) is 3.38. The molecule has 0 radical (unpaired) electrons. The number of hydrogen-bond acceptors (Lipinski definition) is 5. The fraction of sp³-hybridized carbons (Fsp3) is 0.385. The minimum Gasteiger partial charge on any atom is -0.508 e. The number of urea groups is 1. The first-order valence-corrected chi connectivity index (χ1v) is 12.2. The molecule has 2 aliphatic heterocycles. The van der Waals surface area contributed by atoms with Gasteiger partial charge in [-0.25, -0.2) is 4.79 Å². The number of amides is 3. The highest BCUT2D eigenvalue weighted by molar-refractivity contribution is 6.31. The molecule has 5 rings (SSSR count). The van der Waals surface area contributed by atoms with Crippen molar-refractivity contribution in [2.45, 2.75) is 31.3 Å². The molecule has 8 nitrogen and oxygen atoms in total. The fourth-order valence-electron chi connectivity index (χ4n) is 5.50. The third-order valence-electron chi connectivity index (χ3n) is 7.22. The molecule has 0 aliphatic carbocycles. The predicted molar refractivity (Wildman–Crippen MR) is 134 cm³/mol. The van der Waals surface area contributed by atoms with Crippen LogP contribution in [0.1, 0.15) is 36.2 Å². The summed E-state index contributed by atoms with van der Waals surface area (Å²) < 4.78 is 0. The zero-order valence-corrected chi connectivity index (χ0v) is 20.5. The Morgan fingerprint density at radius 2 is 2.00 bits per heavy atom. The lowest BCUT2D eigenvalue weighted by Crippen LogP contribution is -2.53. The van der Waals surface area contributed by atoms with E-state index >= 15 is 0 Å². The molecule has 2 unspecified atom stereocenters. The number of phenolic OH excluding ortho intramolecular Hbond substituents is 1. The summed E-state index contributed by atoms with van der Waals surface area (Å²) in [5, 5.41) is 20.9. The molecule has 2 aromatic carbocycles. The van der Waals surface area contributed by atoms with E-state index in [4.69, 9.17) is 16.7 Å². The van der Waals surface area contributed by atoms with Gasteiger partial charge in [-0.1, -0.05) is 23.7 Å². The second-order valence-electron chi connectivity index (χ2n) is 9.65. The van der Waals surface area contributed by atoms with Gasteiger partial charge < -0.3 is 20.1 Å². The number of benzene rings is 2. The zero-order chi connectivity index (χ0) is 24.9. The SMILES string of the molecule is CN(CCO)CCCN1C(=O)N2C(c3cccc(O)c3)c3[nH]c4ccc(Cl)cc4c3CC2(C)C1=O. The third kappa shape index (κ3) is 3.86. The van der Waals surface area contributed by atoms with Crippen molar-refractivity contribution in [3.63, 3.8) is 0 Å². The van der Waals surface area contributed by atoms with Crippen molar-refractivity contribution < 1.29 is 19.8 Å².